The lowest BCUT2D eigenvalue weighted by Crippen LogP contribution is -2.23. The van der Waals surface area contributed by atoms with Gasteiger partial charge in [-0.15, -0.1) is 0 Å². The molecule has 1 N–H and O–H groups in total. The zero-order valence-corrected chi connectivity index (χ0v) is 10.4. The number of hydrogen-bond donors (Lipinski definition) is 1. The summed E-state index contributed by atoms with van der Waals surface area (Å²) >= 11 is 0. The quantitative estimate of drug-likeness (QED) is 0.881. The number of aliphatic hydroxyl groups is 1. The van der Waals surface area contributed by atoms with Gasteiger partial charge in [0.05, 0.1) is 6.10 Å². The third-order valence-electron chi connectivity index (χ3n) is 3.79. The van der Waals surface area contributed by atoms with Crippen molar-refractivity contribution in [2.75, 3.05) is 6.61 Å². The van der Waals surface area contributed by atoms with Crippen LogP contribution in [0.3, 0.4) is 0 Å². The van der Waals surface area contributed by atoms with Crippen LogP contribution in [-0.4, -0.2) is 22.8 Å². The third-order valence-corrected chi connectivity index (χ3v) is 3.79. The maximum Gasteiger partial charge on any atom is 0.106 e. The molecule has 3 heteroatoms. The summed E-state index contributed by atoms with van der Waals surface area (Å²) in [6.45, 7) is 2.88. The van der Waals surface area contributed by atoms with Gasteiger partial charge in [0, 0.05) is 24.4 Å². The predicted octanol–water partition coefficient (Wildman–Crippen LogP) is 2.69. The smallest absolute Gasteiger partial charge is 0.106 e. The van der Waals surface area contributed by atoms with Gasteiger partial charge < -0.3 is 9.84 Å². The van der Waals surface area contributed by atoms with E-state index in [-0.39, 0.29) is 6.10 Å². The summed E-state index contributed by atoms with van der Waals surface area (Å²) in [5, 5.41) is 12.7. The van der Waals surface area contributed by atoms with Crippen LogP contribution < -0.4 is 0 Å². The molecule has 1 fully saturated rings. The minimum atomic E-state index is -0.561. The largest absolute Gasteiger partial charge is 0.386 e. The summed E-state index contributed by atoms with van der Waals surface area (Å²) < 4.78 is 5.66. The van der Waals surface area contributed by atoms with Gasteiger partial charge in [0.15, 0.2) is 0 Å². The Morgan fingerprint density at radius 1 is 1.39 bits per heavy atom. The van der Waals surface area contributed by atoms with E-state index in [2.05, 4.69) is 11.9 Å². The number of aromatic nitrogens is 1. The lowest BCUT2D eigenvalue weighted by molar-refractivity contribution is -0.0171. The van der Waals surface area contributed by atoms with Gasteiger partial charge in [0.2, 0.25) is 0 Å². The number of pyridine rings is 1. The van der Waals surface area contributed by atoms with E-state index in [1.165, 1.54) is 0 Å². The van der Waals surface area contributed by atoms with Crippen LogP contribution in [0.25, 0.3) is 10.8 Å². The number of fused-ring (bicyclic) bond motifs is 1. The molecule has 94 valence electrons. The topological polar surface area (TPSA) is 42.4 Å². The van der Waals surface area contributed by atoms with Crippen molar-refractivity contribution in [3.8, 4) is 0 Å². The van der Waals surface area contributed by atoms with Crippen LogP contribution in [-0.2, 0) is 4.74 Å². The van der Waals surface area contributed by atoms with Crippen molar-refractivity contribution in [2.24, 2.45) is 5.92 Å². The molecule has 0 radical (unpaired) electrons. The van der Waals surface area contributed by atoms with Crippen LogP contribution in [0.1, 0.15) is 25.0 Å². The minimum Gasteiger partial charge on any atom is -0.386 e. The molecule has 3 unspecified atom stereocenters. The monoisotopic (exact) mass is 243 g/mol. The van der Waals surface area contributed by atoms with E-state index in [1.807, 2.05) is 30.5 Å². The Morgan fingerprint density at radius 3 is 3.06 bits per heavy atom. The molecule has 1 aliphatic rings. The van der Waals surface area contributed by atoms with Gasteiger partial charge in [-0.25, -0.2) is 0 Å². The lowest BCUT2D eigenvalue weighted by atomic mass is 9.92. The minimum absolute atomic E-state index is 0.0937. The molecule has 1 aromatic heterocycles. The Morgan fingerprint density at radius 2 is 2.28 bits per heavy atom. The van der Waals surface area contributed by atoms with Crippen molar-refractivity contribution in [2.45, 2.75) is 25.6 Å². The molecule has 18 heavy (non-hydrogen) atoms. The van der Waals surface area contributed by atoms with Gasteiger partial charge in [0.25, 0.3) is 0 Å². The van der Waals surface area contributed by atoms with Gasteiger partial charge in [-0.05, 0) is 29.4 Å². The maximum atomic E-state index is 10.5. The number of rotatable bonds is 2. The normalized spacial score (nSPS) is 25.4. The highest BCUT2D eigenvalue weighted by atomic mass is 16.5. The number of aliphatic hydroxyl groups excluding tert-OH is 1. The summed E-state index contributed by atoms with van der Waals surface area (Å²) in [5.41, 5.74) is 0.939. The molecule has 1 aliphatic heterocycles. The Kier molecular flexibility index (Phi) is 3.02. The molecular weight excluding hydrogens is 226 g/mol. The Bertz CT molecular complexity index is 550. The molecule has 0 saturated carbocycles. The zero-order valence-electron chi connectivity index (χ0n) is 10.4. The number of hydrogen-bond acceptors (Lipinski definition) is 3. The first-order chi connectivity index (χ1) is 8.77. The van der Waals surface area contributed by atoms with Crippen LogP contribution in [0.15, 0.2) is 36.7 Å². The fourth-order valence-electron chi connectivity index (χ4n) is 2.70. The molecule has 0 amide bonds. The number of nitrogens with zero attached hydrogens (tertiary/aromatic N) is 1. The molecule has 3 nitrogen and oxygen atoms in total. The Balaban J connectivity index is 2.03. The van der Waals surface area contributed by atoms with Gasteiger partial charge >= 0.3 is 0 Å². The van der Waals surface area contributed by atoms with E-state index in [1.54, 1.807) is 6.20 Å². The van der Waals surface area contributed by atoms with Crippen LogP contribution in [0.4, 0.5) is 0 Å². The van der Waals surface area contributed by atoms with E-state index in [0.717, 1.165) is 29.4 Å². The molecule has 0 aliphatic carbocycles. The van der Waals surface area contributed by atoms with Crippen molar-refractivity contribution in [3.63, 3.8) is 0 Å². The van der Waals surface area contributed by atoms with E-state index in [9.17, 15) is 5.11 Å². The highest BCUT2D eigenvalue weighted by Crippen LogP contribution is 2.34. The molecule has 2 heterocycles. The first-order valence-electron chi connectivity index (χ1n) is 6.39. The summed E-state index contributed by atoms with van der Waals surface area (Å²) in [4.78, 5) is 4.11. The summed E-state index contributed by atoms with van der Waals surface area (Å²) in [6, 6.07) is 7.90. The molecular formula is C15H17NO2. The van der Waals surface area contributed by atoms with E-state index in [4.69, 9.17) is 4.74 Å². The molecule has 0 spiro atoms. The van der Waals surface area contributed by atoms with Crippen LogP contribution in [0, 0.1) is 5.92 Å². The van der Waals surface area contributed by atoms with E-state index >= 15 is 0 Å². The Hall–Kier alpha value is -1.45. The molecule has 1 aromatic carbocycles. The van der Waals surface area contributed by atoms with Crippen molar-refractivity contribution >= 4 is 10.8 Å². The highest BCUT2D eigenvalue weighted by molar-refractivity contribution is 5.85. The standard InChI is InChI=1S/C15H17NO2/c1-10-6-8-18-15(10)14(17)13-4-2-3-11-9-16-7-5-12(11)13/h2-5,7,9-10,14-15,17H,6,8H2,1H3. The van der Waals surface area contributed by atoms with Crippen molar-refractivity contribution < 1.29 is 9.84 Å². The fourth-order valence-corrected chi connectivity index (χ4v) is 2.70. The molecule has 3 rings (SSSR count). The average Bonchev–Trinajstić information content (AvgIpc) is 2.83. The SMILES string of the molecule is CC1CCOC1C(O)c1cccc2cnccc12. The average molecular weight is 243 g/mol. The second-order valence-electron chi connectivity index (χ2n) is 4.99. The van der Waals surface area contributed by atoms with E-state index < -0.39 is 6.10 Å². The first kappa shape index (κ1) is 11.6. The van der Waals surface area contributed by atoms with Crippen LogP contribution >= 0.6 is 0 Å². The second kappa shape index (κ2) is 4.67. The van der Waals surface area contributed by atoms with Gasteiger partial charge in [-0.3, -0.25) is 4.98 Å². The summed E-state index contributed by atoms with van der Waals surface area (Å²) in [6.07, 6.45) is 3.95. The van der Waals surface area contributed by atoms with Crippen LogP contribution in [0.5, 0.6) is 0 Å². The second-order valence-corrected chi connectivity index (χ2v) is 4.99. The van der Waals surface area contributed by atoms with E-state index in [0.29, 0.717) is 5.92 Å². The molecule has 3 atom stereocenters. The maximum absolute atomic E-state index is 10.5. The fraction of sp³-hybridized carbons (Fsp3) is 0.400. The highest BCUT2D eigenvalue weighted by Gasteiger charge is 2.32. The van der Waals surface area contributed by atoms with Crippen molar-refractivity contribution in [1.82, 2.24) is 4.98 Å². The third kappa shape index (κ3) is 1.89. The Labute approximate surface area is 106 Å². The molecule has 2 aromatic rings. The molecule has 0 bridgehead atoms. The zero-order chi connectivity index (χ0) is 12.5. The van der Waals surface area contributed by atoms with Crippen molar-refractivity contribution in [1.29, 1.82) is 0 Å². The van der Waals surface area contributed by atoms with Gasteiger partial charge in [0.1, 0.15) is 6.10 Å². The molecule has 1 saturated heterocycles. The van der Waals surface area contributed by atoms with Crippen LogP contribution in [0.2, 0.25) is 0 Å². The first-order valence-corrected chi connectivity index (χ1v) is 6.39. The van der Waals surface area contributed by atoms with Gasteiger partial charge in [-0.1, -0.05) is 25.1 Å². The number of benzene rings is 1. The van der Waals surface area contributed by atoms with Gasteiger partial charge in [-0.2, -0.15) is 0 Å². The summed E-state index contributed by atoms with van der Waals surface area (Å²) in [7, 11) is 0. The number of ether oxygens (including phenoxy) is 1. The predicted molar refractivity (Wildman–Crippen MR) is 70.2 cm³/mol. The van der Waals surface area contributed by atoms with Crippen molar-refractivity contribution in [3.05, 3.63) is 42.2 Å². The summed E-state index contributed by atoms with van der Waals surface area (Å²) in [5.74, 6) is 0.400. The lowest BCUT2D eigenvalue weighted by Gasteiger charge is -2.22.